The van der Waals surface area contributed by atoms with Crippen LogP contribution in [0.3, 0.4) is 0 Å². The Labute approximate surface area is 135 Å². The second-order valence-corrected chi connectivity index (χ2v) is 5.05. The molecule has 0 spiro atoms. The van der Waals surface area contributed by atoms with Crippen LogP contribution in [-0.4, -0.2) is 44.3 Å². The van der Waals surface area contributed by atoms with E-state index in [1.165, 1.54) is 0 Å². The summed E-state index contributed by atoms with van der Waals surface area (Å²) in [5, 5.41) is 32.9. The number of hydrogen-bond donors (Lipinski definition) is 4. The van der Waals surface area contributed by atoms with Crippen molar-refractivity contribution in [3.05, 3.63) is 0 Å². The minimum Gasteiger partial charge on any atom is -0.481 e. The van der Waals surface area contributed by atoms with Gasteiger partial charge in [-0.3, -0.25) is 19.2 Å². The van der Waals surface area contributed by atoms with Gasteiger partial charge >= 0.3 is 23.9 Å². The van der Waals surface area contributed by atoms with E-state index >= 15 is 0 Å². The molecule has 0 unspecified atom stereocenters. The molecule has 0 aromatic carbocycles. The van der Waals surface area contributed by atoms with Crippen molar-refractivity contribution in [2.75, 3.05) is 0 Å². The Morgan fingerprint density at radius 3 is 0.783 bits per heavy atom. The second kappa shape index (κ2) is 16.3. The predicted molar refractivity (Wildman–Crippen MR) is 81.3 cm³/mol. The third kappa shape index (κ3) is 28.7. The summed E-state index contributed by atoms with van der Waals surface area (Å²) in [6.45, 7) is 0. The Balaban J connectivity index is 0. The number of carbonyl (C=O) groups is 4. The van der Waals surface area contributed by atoms with Gasteiger partial charge < -0.3 is 20.4 Å². The molecule has 0 aliphatic heterocycles. The largest absolute Gasteiger partial charge is 0.481 e. The van der Waals surface area contributed by atoms with Crippen molar-refractivity contribution in [3.63, 3.8) is 0 Å². The van der Waals surface area contributed by atoms with Gasteiger partial charge in [0.15, 0.2) is 0 Å². The van der Waals surface area contributed by atoms with Gasteiger partial charge in [0.2, 0.25) is 0 Å². The van der Waals surface area contributed by atoms with E-state index in [1.54, 1.807) is 0 Å². The second-order valence-electron chi connectivity index (χ2n) is 5.05. The number of aliphatic carboxylic acids is 4. The van der Waals surface area contributed by atoms with Crippen molar-refractivity contribution in [3.8, 4) is 0 Å². The number of hydrogen-bond acceptors (Lipinski definition) is 4. The van der Waals surface area contributed by atoms with E-state index in [0.29, 0.717) is 25.7 Å². The van der Waals surface area contributed by atoms with Gasteiger partial charge in [-0.25, -0.2) is 0 Å². The quantitative estimate of drug-likeness (QED) is 0.375. The predicted octanol–water partition coefficient (Wildman–Crippen LogP) is 2.60. The first kappa shape index (κ1) is 23.2. The van der Waals surface area contributed by atoms with Gasteiger partial charge in [0.1, 0.15) is 0 Å². The highest BCUT2D eigenvalue weighted by atomic mass is 16.4. The minimum absolute atomic E-state index is 0.0628. The summed E-state index contributed by atoms with van der Waals surface area (Å²) in [5.74, 6) is -3.26. The van der Waals surface area contributed by atoms with E-state index in [-0.39, 0.29) is 25.7 Å². The Hall–Kier alpha value is -2.12. The molecule has 8 nitrogen and oxygen atoms in total. The molecular weight excluding hydrogens is 308 g/mol. The molecule has 8 heteroatoms. The summed E-state index contributed by atoms with van der Waals surface area (Å²) in [6.07, 6.45) is 5.55. The topological polar surface area (TPSA) is 149 Å². The molecule has 0 amide bonds. The molecule has 134 valence electrons. The Bertz CT molecular complexity index is 330. The first-order valence-corrected chi connectivity index (χ1v) is 7.63. The van der Waals surface area contributed by atoms with Gasteiger partial charge in [-0.2, -0.15) is 0 Å². The monoisotopic (exact) mass is 334 g/mol. The Morgan fingerprint density at radius 1 is 0.391 bits per heavy atom. The van der Waals surface area contributed by atoms with E-state index < -0.39 is 23.9 Å². The lowest BCUT2D eigenvalue weighted by Gasteiger charge is -1.97. The summed E-state index contributed by atoms with van der Waals surface area (Å²) >= 11 is 0. The molecular formula is C15H26O8. The fraction of sp³-hybridized carbons (Fsp3) is 0.733. The van der Waals surface area contributed by atoms with Crippen LogP contribution < -0.4 is 0 Å². The molecule has 4 N–H and O–H groups in total. The average molecular weight is 334 g/mol. The van der Waals surface area contributed by atoms with Crippen LogP contribution in [0, 0.1) is 0 Å². The van der Waals surface area contributed by atoms with Crippen LogP contribution in [-0.2, 0) is 19.2 Å². The third-order valence-electron chi connectivity index (χ3n) is 2.81. The highest BCUT2D eigenvalue weighted by molar-refractivity contribution is 5.68. The van der Waals surface area contributed by atoms with Crippen LogP contribution in [0.5, 0.6) is 0 Å². The van der Waals surface area contributed by atoms with Gasteiger partial charge in [-0.05, 0) is 25.7 Å². The Kier molecular flexibility index (Phi) is 16.4. The molecule has 0 heterocycles. The zero-order valence-electron chi connectivity index (χ0n) is 13.2. The van der Waals surface area contributed by atoms with Crippen LogP contribution in [0.1, 0.15) is 70.6 Å². The van der Waals surface area contributed by atoms with Crippen molar-refractivity contribution in [2.24, 2.45) is 0 Å². The fourth-order valence-corrected chi connectivity index (χ4v) is 1.64. The molecule has 0 aromatic heterocycles. The molecule has 0 aromatic rings. The molecule has 0 fully saturated rings. The van der Waals surface area contributed by atoms with E-state index in [4.69, 9.17) is 20.4 Å². The molecule has 0 atom stereocenters. The van der Waals surface area contributed by atoms with Crippen LogP contribution in [0.15, 0.2) is 0 Å². The van der Waals surface area contributed by atoms with Crippen LogP contribution in [0.25, 0.3) is 0 Å². The normalized spacial score (nSPS) is 9.57. The van der Waals surface area contributed by atoms with E-state index in [1.807, 2.05) is 0 Å². The molecule has 23 heavy (non-hydrogen) atoms. The lowest BCUT2D eigenvalue weighted by Crippen LogP contribution is -1.97. The van der Waals surface area contributed by atoms with Crippen molar-refractivity contribution in [1.29, 1.82) is 0 Å². The molecule has 0 aliphatic rings. The fourth-order valence-electron chi connectivity index (χ4n) is 1.64. The zero-order valence-corrected chi connectivity index (χ0v) is 13.2. The van der Waals surface area contributed by atoms with Crippen LogP contribution >= 0.6 is 0 Å². The first-order valence-electron chi connectivity index (χ1n) is 7.63. The van der Waals surface area contributed by atoms with Gasteiger partial charge in [-0.1, -0.05) is 19.3 Å². The maximum atomic E-state index is 10.1. The van der Waals surface area contributed by atoms with Gasteiger partial charge in [0.05, 0.1) is 0 Å². The Morgan fingerprint density at radius 2 is 0.565 bits per heavy atom. The van der Waals surface area contributed by atoms with Gasteiger partial charge in [0, 0.05) is 25.7 Å². The minimum atomic E-state index is -0.870. The maximum Gasteiger partial charge on any atom is 0.303 e. The zero-order chi connectivity index (χ0) is 18.1. The summed E-state index contributed by atoms with van der Waals surface area (Å²) in [6, 6.07) is 0. The lowest BCUT2D eigenvalue weighted by molar-refractivity contribution is -0.139. The SMILES string of the molecule is O=C(O)CCCCC(=O)O.O=C(O)CCCCCCCC(=O)O. The van der Waals surface area contributed by atoms with E-state index in [2.05, 4.69) is 0 Å². The molecule has 0 bridgehead atoms. The van der Waals surface area contributed by atoms with E-state index in [9.17, 15) is 19.2 Å². The van der Waals surface area contributed by atoms with Gasteiger partial charge in [0.25, 0.3) is 0 Å². The van der Waals surface area contributed by atoms with Crippen molar-refractivity contribution >= 4 is 23.9 Å². The first-order chi connectivity index (χ1) is 10.8. The summed E-state index contributed by atoms with van der Waals surface area (Å²) in [5.41, 5.74) is 0. The van der Waals surface area contributed by atoms with E-state index in [0.717, 1.165) is 19.3 Å². The smallest absolute Gasteiger partial charge is 0.303 e. The van der Waals surface area contributed by atoms with Crippen molar-refractivity contribution in [2.45, 2.75) is 70.6 Å². The molecule has 0 rings (SSSR count). The molecule has 0 aliphatic carbocycles. The number of carboxylic acid groups (broad SMARTS) is 4. The molecule has 0 saturated heterocycles. The van der Waals surface area contributed by atoms with Crippen molar-refractivity contribution in [1.82, 2.24) is 0 Å². The third-order valence-corrected chi connectivity index (χ3v) is 2.81. The number of carboxylic acids is 4. The number of unbranched alkanes of at least 4 members (excludes halogenated alkanes) is 5. The molecule has 0 saturated carbocycles. The lowest BCUT2D eigenvalue weighted by atomic mass is 10.1. The average Bonchev–Trinajstić information content (AvgIpc) is 2.42. The highest BCUT2D eigenvalue weighted by Crippen LogP contribution is 2.06. The molecule has 0 radical (unpaired) electrons. The van der Waals surface area contributed by atoms with Crippen molar-refractivity contribution < 1.29 is 39.6 Å². The number of rotatable bonds is 13. The summed E-state index contributed by atoms with van der Waals surface area (Å²) < 4.78 is 0. The highest BCUT2D eigenvalue weighted by Gasteiger charge is 1.99. The summed E-state index contributed by atoms with van der Waals surface area (Å²) in [4.78, 5) is 40.0. The van der Waals surface area contributed by atoms with Gasteiger partial charge in [-0.15, -0.1) is 0 Å². The standard InChI is InChI=1S/C9H16O4.C6H10O4/c10-8(11)6-4-2-1-3-5-7-9(12)13;7-5(8)3-1-2-4-6(9)10/h1-7H2,(H,10,11)(H,12,13);1-4H2,(H,7,8)(H,9,10). The van der Waals surface area contributed by atoms with Crippen LogP contribution in [0.4, 0.5) is 0 Å². The summed E-state index contributed by atoms with van der Waals surface area (Å²) in [7, 11) is 0. The maximum absolute atomic E-state index is 10.1. The van der Waals surface area contributed by atoms with Crippen LogP contribution in [0.2, 0.25) is 0 Å².